The molecule has 2 N–H and O–H groups in total. The van der Waals surface area contributed by atoms with Gasteiger partial charge in [-0.1, -0.05) is 18.2 Å². The third kappa shape index (κ3) is 1.74. The van der Waals surface area contributed by atoms with Crippen molar-refractivity contribution in [1.82, 2.24) is 5.32 Å². The first-order valence-electron chi connectivity index (χ1n) is 5.43. The van der Waals surface area contributed by atoms with Gasteiger partial charge in [-0.05, 0) is 0 Å². The molecule has 15 heavy (non-hydrogen) atoms. The molecule has 0 bridgehead atoms. The number of hydrogen-bond donors (Lipinski definition) is 2. The van der Waals surface area contributed by atoms with Crippen LogP contribution in [0.5, 0.6) is 0 Å². The van der Waals surface area contributed by atoms with Gasteiger partial charge >= 0.3 is 0 Å². The molecule has 1 fully saturated rings. The molecular formula is C11H19N2O2+. The minimum atomic E-state index is -0.586. The Kier molecular flexibility index (Phi) is 2.93. The minimum Gasteiger partial charge on any atom is -0.324 e. The zero-order chi connectivity index (χ0) is 10.8. The molecule has 84 valence electrons. The predicted molar refractivity (Wildman–Crippen MR) is 57.3 cm³/mol. The van der Waals surface area contributed by atoms with E-state index >= 15 is 0 Å². The molecule has 1 aliphatic carbocycles. The van der Waals surface area contributed by atoms with Crippen molar-refractivity contribution in [3.05, 3.63) is 24.3 Å². The Morgan fingerprint density at radius 1 is 1.33 bits per heavy atom. The largest absolute Gasteiger partial charge is 0.324 e. The lowest BCUT2D eigenvalue weighted by Crippen LogP contribution is -2.68. The van der Waals surface area contributed by atoms with Gasteiger partial charge in [-0.15, -0.1) is 4.65 Å². The first-order chi connectivity index (χ1) is 7.22. The normalized spacial score (nSPS) is 34.3. The number of nitrogens with zero attached hydrogens (tertiary/aromatic N) is 1. The van der Waals surface area contributed by atoms with Gasteiger partial charge in [0.15, 0.2) is 0 Å². The van der Waals surface area contributed by atoms with Crippen LogP contribution >= 0.6 is 0 Å². The predicted octanol–water partition coefficient (Wildman–Crippen LogP) is 0.654. The van der Waals surface area contributed by atoms with Crippen molar-refractivity contribution >= 4 is 0 Å². The standard InChI is InChI=1S/C11H19N2O2/c1-15-11(5-3-2-4-6-11)13(14)9-7-12-8-10-13/h2-5,12,14H,6-10H2,1H3/q+1. The van der Waals surface area contributed by atoms with Crippen LogP contribution in [0, 0.1) is 0 Å². The lowest BCUT2D eigenvalue weighted by molar-refractivity contribution is -1.15. The fraction of sp³-hybridized carbons (Fsp3) is 0.636. The number of hydroxylamine groups is 3. The van der Waals surface area contributed by atoms with Crippen LogP contribution in [0.2, 0.25) is 0 Å². The summed E-state index contributed by atoms with van der Waals surface area (Å²) in [6, 6.07) is 0. The van der Waals surface area contributed by atoms with Crippen molar-refractivity contribution in [3.8, 4) is 0 Å². The van der Waals surface area contributed by atoms with E-state index in [0.29, 0.717) is 13.1 Å². The second-order valence-electron chi connectivity index (χ2n) is 4.16. The molecule has 2 aliphatic rings. The van der Waals surface area contributed by atoms with Gasteiger partial charge in [-0.25, -0.2) is 5.21 Å². The van der Waals surface area contributed by atoms with E-state index in [1.54, 1.807) is 7.11 Å². The summed E-state index contributed by atoms with van der Waals surface area (Å²) in [6.45, 7) is 3.04. The molecule has 0 spiro atoms. The van der Waals surface area contributed by atoms with Crippen LogP contribution in [-0.4, -0.2) is 48.9 Å². The van der Waals surface area contributed by atoms with Gasteiger partial charge in [0, 0.05) is 26.3 Å². The smallest absolute Gasteiger partial charge is 0.256 e. The van der Waals surface area contributed by atoms with Crippen molar-refractivity contribution in [2.75, 3.05) is 33.3 Å². The maximum absolute atomic E-state index is 10.6. The highest BCUT2D eigenvalue weighted by molar-refractivity contribution is 5.15. The third-order valence-corrected chi connectivity index (χ3v) is 3.39. The summed E-state index contributed by atoms with van der Waals surface area (Å²) in [5.41, 5.74) is -0.586. The fourth-order valence-electron chi connectivity index (χ4n) is 2.36. The number of quaternary nitrogens is 1. The lowest BCUT2D eigenvalue weighted by atomic mass is 10.0. The Balaban J connectivity index is 2.24. The van der Waals surface area contributed by atoms with Crippen LogP contribution < -0.4 is 5.32 Å². The zero-order valence-corrected chi connectivity index (χ0v) is 9.15. The first kappa shape index (κ1) is 10.8. The van der Waals surface area contributed by atoms with Crippen LogP contribution in [0.1, 0.15) is 6.42 Å². The molecule has 0 amide bonds. The van der Waals surface area contributed by atoms with Gasteiger partial charge in [-0.2, -0.15) is 0 Å². The monoisotopic (exact) mass is 211 g/mol. The molecule has 1 saturated heterocycles. The SMILES string of the molecule is COC1([N+]2(O)CCNCC2)C=CC=CC1. The Morgan fingerprint density at radius 3 is 2.60 bits per heavy atom. The molecule has 1 atom stereocenters. The topological polar surface area (TPSA) is 41.5 Å². The quantitative estimate of drug-likeness (QED) is 0.659. The fourth-order valence-corrected chi connectivity index (χ4v) is 2.36. The third-order valence-electron chi connectivity index (χ3n) is 3.39. The van der Waals surface area contributed by atoms with Crippen molar-refractivity contribution < 1.29 is 14.6 Å². The summed E-state index contributed by atoms with van der Waals surface area (Å²) in [5.74, 6) is 0. The number of nitrogens with one attached hydrogen (secondary N) is 1. The van der Waals surface area contributed by atoms with Gasteiger partial charge in [0.2, 0.25) is 0 Å². The minimum absolute atomic E-state index is 0.0165. The summed E-state index contributed by atoms with van der Waals surface area (Å²) in [6.07, 6.45) is 8.69. The molecule has 0 aromatic heterocycles. The molecule has 2 rings (SSSR count). The van der Waals surface area contributed by atoms with Crippen molar-refractivity contribution in [3.63, 3.8) is 0 Å². The zero-order valence-electron chi connectivity index (χ0n) is 9.15. The van der Waals surface area contributed by atoms with E-state index in [0.717, 1.165) is 19.5 Å². The van der Waals surface area contributed by atoms with E-state index in [2.05, 4.69) is 5.32 Å². The van der Waals surface area contributed by atoms with Gasteiger partial charge in [0.1, 0.15) is 13.1 Å². The molecule has 1 aliphatic heterocycles. The van der Waals surface area contributed by atoms with E-state index in [1.165, 1.54) is 0 Å². The number of allylic oxidation sites excluding steroid dienone is 2. The summed E-state index contributed by atoms with van der Waals surface area (Å²) < 4.78 is 5.56. The highest BCUT2D eigenvalue weighted by atomic mass is 16.6. The molecule has 0 saturated carbocycles. The maximum Gasteiger partial charge on any atom is 0.256 e. The van der Waals surface area contributed by atoms with E-state index in [4.69, 9.17) is 4.74 Å². The average Bonchev–Trinajstić information content (AvgIpc) is 2.31. The number of methoxy groups -OCH3 is 1. The van der Waals surface area contributed by atoms with Gasteiger partial charge in [0.05, 0.1) is 6.42 Å². The summed E-state index contributed by atoms with van der Waals surface area (Å²) >= 11 is 0. The summed E-state index contributed by atoms with van der Waals surface area (Å²) in [7, 11) is 1.67. The maximum atomic E-state index is 10.6. The molecule has 0 aromatic rings. The number of ether oxygens (including phenoxy) is 1. The highest BCUT2D eigenvalue weighted by Gasteiger charge is 2.50. The molecule has 4 nitrogen and oxygen atoms in total. The summed E-state index contributed by atoms with van der Waals surface area (Å²) in [5, 5.41) is 13.9. The van der Waals surface area contributed by atoms with Crippen LogP contribution in [0.25, 0.3) is 0 Å². The second-order valence-corrected chi connectivity index (χ2v) is 4.16. The van der Waals surface area contributed by atoms with Crippen molar-refractivity contribution in [1.29, 1.82) is 0 Å². The van der Waals surface area contributed by atoms with Gasteiger partial charge in [0.25, 0.3) is 5.72 Å². The Bertz CT molecular complexity index is 282. The van der Waals surface area contributed by atoms with Crippen LogP contribution in [-0.2, 0) is 4.74 Å². The number of piperazine rings is 1. The van der Waals surface area contributed by atoms with Crippen LogP contribution in [0.4, 0.5) is 0 Å². The summed E-state index contributed by atoms with van der Waals surface area (Å²) in [4.78, 5) is 0. The average molecular weight is 211 g/mol. The van der Waals surface area contributed by atoms with Gasteiger partial charge < -0.3 is 10.1 Å². The van der Waals surface area contributed by atoms with E-state index in [9.17, 15) is 5.21 Å². The van der Waals surface area contributed by atoms with Gasteiger partial charge in [-0.3, -0.25) is 0 Å². The van der Waals surface area contributed by atoms with Crippen LogP contribution in [0.15, 0.2) is 24.3 Å². The van der Waals surface area contributed by atoms with Crippen molar-refractivity contribution in [2.45, 2.75) is 12.1 Å². The van der Waals surface area contributed by atoms with E-state index in [1.807, 2.05) is 24.3 Å². The number of rotatable bonds is 2. The van der Waals surface area contributed by atoms with E-state index in [-0.39, 0.29) is 4.65 Å². The Hall–Kier alpha value is -0.680. The Labute approximate surface area is 90.4 Å². The molecular weight excluding hydrogens is 192 g/mol. The Morgan fingerprint density at radius 2 is 2.07 bits per heavy atom. The molecule has 1 heterocycles. The van der Waals surface area contributed by atoms with E-state index < -0.39 is 5.72 Å². The molecule has 4 heteroatoms. The highest BCUT2D eigenvalue weighted by Crippen LogP contribution is 2.32. The van der Waals surface area contributed by atoms with Crippen molar-refractivity contribution in [2.24, 2.45) is 0 Å². The lowest BCUT2D eigenvalue weighted by Gasteiger charge is -2.46. The van der Waals surface area contributed by atoms with Crippen LogP contribution in [0.3, 0.4) is 0 Å². The molecule has 0 aromatic carbocycles. The molecule has 1 unspecified atom stereocenters. The molecule has 0 radical (unpaired) electrons. The first-order valence-corrected chi connectivity index (χ1v) is 5.43. The number of hydrogen-bond acceptors (Lipinski definition) is 3. The second kappa shape index (κ2) is 4.06.